The minimum absolute atomic E-state index is 0.313. The Morgan fingerprint density at radius 1 is 1.39 bits per heavy atom. The van der Waals surface area contributed by atoms with Gasteiger partial charge in [-0.15, -0.1) is 0 Å². The summed E-state index contributed by atoms with van der Waals surface area (Å²) in [4.78, 5) is 11.3. The summed E-state index contributed by atoms with van der Waals surface area (Å²) in [5.74, 6) is 0.339. The highest BCUT2D eigenvalue weighted by Crippen LogP contribution is 2.29. The second-order valence-corrected chi connectivity index (χ2v) is 5.23. The third kappa shape index (κ3) is 4.94. The van der Waals surface area contributed by atoms with E-state index in [2.05, 4.69) is 19.2 Å². The van der Waals surface area contributed by atoms with E-state index in [4.69, 9.17) is 10.5 Å². The van der Waals surface area contributed by atoms with Crippen LogP contribution in [0.5, 0.6) is 0 Å². The molecule has 0 radical (unpaired) electrons. The highest BCUT2D eigenvalue weighted by Gasteiger charge is 2.26. The molecule has 0 saturated heterocycles. The van der Waals surface area contributed by atoms with Crippen LogP contribution < -0.4 is 11.1 Å². The summed E-state index contributed by atoms with van der Waals surface area (Å²) in [7, 11) is 0. The Morgan fingerprint density at radius 3 is 2.72 bits per heavy atom. The largest absolute Gasteiger partial charge is 0.376 e. The molecule has 3 unspecified atom stereocenters. The van der Waals surface area contributed by atoms with Gasteiger partial charge in [-0.1, -0.05) is 33.1 Å². The number of carbonyl (C=O) groups excluding carboxylic acids is 1. The molecule has 0 heterocycles. The Balaban J connectivity index is 2.37. The lowest BCUT2D eigenvalue weighted by Gasteiger charge is -2.31. The predicted molar refractivity (Wildman–Crippen MR) is 73.3 cm³/mol. The van der Waals surface area contributed by atoms with Crippen molar-refractivity contribution in [1.29, 1.82) is 0 Å². The van der Waals surface area contributed by atoms with E-state index < -0.39 is 0 Å². The van der Waals surface area contributed by atoms with E-state index in [-0.39, 0.29) is 11.9 Å². The van der Waals surface area contributed by atoms with E-state index in [9.17, 15) is 4.79 Å². The molecule has 1 aliphatic rings. The van der Waals surface area contributed by atoms with Gasteiger partial charge in [-0.2, -0.15) is 0 Å². The molecule has 1 fully saturated rings. The van der Waals surface area contributed by atoms with Gasteiger partial charge < -0.3 is 15.8 Å². The zero-order chi connectivity index (χ0) is 13.4. The van der Waals surface area contributed by atoms with E-state index in [0.717, 1.165) is 25.8 Å². The lowest BCUT2D eigenvalue weighted by Crippen LogP contribution is -2.46. The van der Waals surface area contributed by atoms with Crippen LogP contribution in [-0.2, 0) is 9.53 Å². The number of ether oxygens (including phenoxy) is 1. The van der Waals surface area contributed by atoms with Gasteiger partial charge in [0.2, 0.25) is 5.91 Å². The van der Waals surface area contributed by atoms with Crippen molar-refractivity contribution in [2.24, 2.45) is 11.7 Å². The van der Waals surface area contributed by atoms with Gasteiger partial charge in [-0.3, -0.25) is 4.79 Å². The summed E-state index contributed by atoms with van der Waals surface area (Å²) < 4.78 is 5.94. The third-order valence-corrected chi connectivity index (χ3v) is 3.82. The normalized spacial score (nSPS) is 25.9. The second-order valence-electron chi connectivity index (χ2n) is 5.23. The Bertz CT molecular complexity index is 246. The minimum atomic E-state index is -0.343. The lowest BCUT2D eigenvalue weighted by molar-refractivity contribution is -0.123. The minimum Gasteiger partial charge on any atom is -0.376 e. The van der Waals surface area contributed by atoms with E-state index >= 15 is 0 Å². The van der Waals surface area contributed by atoms with Gasteiger partial charge >= 0.3 is 0 Å². The zero-order valence-corrected chi connectivity index (χ0v) is 11.8. The number of carbonyl (C=O) groups is 1. The molecule has 4 nitrogen and oxygen atoms in total. The first kappa shape index (κ1) is 15.4. The van der Waals surface area contributed by atoms with Gasteiger partial charge in [-0.25, -0.2) is 0 Å². The lowest BCUT2D eigenvalue weighted by atomic mass is 9.85. The average Bonchev–Trinajstić information content (AvgIpc) is 2.38. The molecule has 106 valence electrons. The monoisotopic (exact) mass is 256 g/mol. The highest BCUT2D eigenvalue weighted by molar-refractivity contribution is 5.79. The van der Waals surface area contributed by atoms with Crippen molar-refractivity contribution in [2.45, 2.75) is 64.5 Å². The molecule has 3 N–H and O–H groups in total. The highest BCUT2D eigenvalue weighted by atomic mass is 16.5. The molecule has 0 aromatic carbocycles. The summed E-state index contributed by atoms with van der Waals surface area (Å²) in [6, 6.07) is -0.343. The van der Waals surface area contributed by atoms with E-state index in [1.807, 2.05) is 0 Å². The molecule has 0 aromatic heterocycles. The Hall–Kier alpha value is -0.610. The van der Waals surface area contributed by atoms with Crippen LogP contribution in [0, 0.1) is 5.92 Å². The SMILES string of the molecule is CCCNC(COC1CCCCC1CC)C(N)=O. The van der Waals surface area contributed by atoms with Crippen LogP contribution in [0.4, 0.5) is 0 Å². The third-order valence-electron chi connectivity index (χ3n) is 3.82. The van der Waals surface area contributed by atoms with Gasteiger partial charge in [-0.05, 0) is 31.7 Å². The van der Waals surface area contributed by atoms with Gasteiger partial charge in [0, 0.05) is 0 Å². The maximum absolute atomic E-state index is 11.3. The van der Waals surface area contributed by atoms with Gasteiger partial charge in [0.1, 0.15) is 6.04 Å². The quantitative estimate of drug-likeness (QED) is 0.696. The number of nitrogens with one attached hydrogen (secondary N) is 1. The van der Waals surface area contributed by atoms with Gasteiger partial charge in [0.05, 0.1) is 12.7 Å². The first-order valence-electron chi connectivity index (χ1n) is 7.33. The molecule has 0 aliphatic heterocycles. The molecule has 4 heteroatoms. The fraction of sp³-hybridized carbons (Fsp3) is 0.929. The predicted octanol–water partition coefficient (Wildman–Crippen LogP) is 1.83. The maximum Gasteiger partial charge on any atom is 0.236 e. The van der Waals surface area contributed by atoms with E-state index in [1.54, 1.807) is 0 Å². The van der Waals surface area contributed by atoms with Crippen molar-refractivity contribution in [2.75, 3.05) is 13.2 Å². The Labute approximate surface area is 111 Å². The topological polar surface area (TPSA) is 64.3 Å². The van der Waals surface area contributed by atoms with Crippen molar-refractivity contribution in [1.82, 2.24) is 5.32 Å². The van der Waals surface area contributed by atoms with E-state index in [0.29, 0.717) is 18.6 Å². The molecule has 3 atom stereocenters. The number of hydrogen-bond acceptors (Lipinski definition) is 3. The van der Waals surface area contributed by atoms with Crippen molar-refractivity contribution in [3.05, 3.63) is 0 Å². The molecule has 1 rings (SSSR count). The van der Waals surface area contributed by atoms with E-state index in [1.165, 1.54) is 19.3 Å². The fourth-order valence-corrected chi connectivity index (χ4v) is 2.64. The standard InChI is InChI=1S/C14H28N2O2/c1-3-9-16-12(14(15)17)10-18-13-8-6-5-7-11(13)4-2/h11-13,16H,3-10H2,1-2H3,(H2,15,17). The molecule has 0 bridgehead atoms. The summed E-state index contributed by atoms with van der Waals surface area (Å²) in [5, 5.41) is 3.14. The molecular weight excluding hydrogens is 228 g/mol. The Morgan fingerprint density at radius 2 is 2.11 bits per heavy atom. The van der Waals surface area contributed by atoms with Crippen molar-refractivity contribution < 1.29 is 9.53 Å². The van der Waals surface area contributed by atoms with Gasteiger partial charge in [0.25, 0.3) is 0 Å². The van der Waals surface area contributed by atoms with Gasteiger partial charge in [0.15, 0.2) is 0 Å². The molecule has 0 spiro atoms. The molecule has 1 saturated carbocycles. The summed E-state index contributed by atoms with van der Waals surface area (Å²) in [6.07, 6.45) is 7.40. The van der Waals surface area contributed by atoms with Crippen molar-refractivity contribution in [3.8, 4) is 0 Å². The molecular formula is C14H28N2O2. The summed E-state index contributed by atoms with van der Waals surface area (Å²) in [6.45, 7) is 5.50. The average molecular weight is 256 g/mol. The number of amides is 1. The second kappa shape index (κ2) is 8.48. The maximum atomic E-state index is 11.3. The van der Waals surface area contributed by atoms with Crippen LogP contribution in [0.1, 0.15) is 52.4 Å². The van der Waals surface area contributed by atoms with Crippen LogP contribution in [0.15, 0.2) is 0 Å². The smallest absolute Gasteiger partial charge is 0.236 e. The van der Waals surface area contributed by atoms with Crippen LogP contribution >= 0.6 is 0 Å². The fourth-order valence-electron chi connectivity index (χ4n) is 2.64. The molecule has 1 aliphatic carbocycles. The number of nitrogens with two attached hydrogens (primary N) is 1. The van der Waals surface area contributed by atoms with Crippen LogP contribution in [0.2, 0.25) is 0 Å². The zero-order valence-electron chi connectivity index (χ0n) is 11.8. The molecule has 0 aromatic rings. The van der Waals surface area contributed by atoms with Crippen molar-refractivity contribution in [3.63, 3.8) is 0 Å². The van der Waals surface area contributed by atoms with Crippen LogP contribution in [-0.4, -0.2) is 31.2 Å². The summed E-state index contributed by atoms with van der Waals surface area (Å²) >= 11 is 0. The molecule has 18 heavy (non-hydrogen) atoms. The first-order chi connectivity index (χ1) is 8.69. The number of hydrogen-bond donors (Lipinski definition) is 2. The first-order valence-corrected chi connectivity index (χ1v) is 7.33. The number of rotatable bonds is 8. The van der Waals surface area contributed by atoms with Crippen LogP contribution in [0.25, 0.3) is 0 Å². The Kier molecular flexibility index (Phi) is 7.28. The molecule has 1 amide bonds. The van der Waals surface area contributed by atoms with Crippen molar-refractivity contribution >= 4 is 5.91 Å². The number of primary amides is 1. The summed E-state index contributed by atoms with van der Waals surface area (Å²) in [5.41, 5.74) is 5.38. The van der Waals surface area contributed by atoms with Crippen LogP contribution in [0.3, 0.4) is 0 Å².